The third-order valence-electron chi connectivity index (χ3n) is 4.18. The third-order valence-corrected chi connectivity index (χ3v) is 4.18. The van der Waals surface area contributed by atoms with Crippen molar-refractivity contribution in [3.63, 3.8) is 0 Å². The van der Waals surface area contributed by atoms with Gasteiger partial charge >= 0.3 is 11.9 Å². The Morgan fingerprint density at radius 3 is 2.38 bits per heavy atom. The Bertz CT molecular complexity index is 1100. The van der Waals surface area contributed by atoms with Crippen molar-refractivity contribution >= 4 is 34.2 Å². The van der Waals surface area contributed by atoms with E-state index < -0.39 is 11.9 Å². The van der Waals surface area contributed by atoms with E-state index in [1.54, 1.807) is 56.3 Å². The molecule has 1 heterocycles. The molecule has 3 rings (SSSR count). The highest BCUT2D eigenvalue weighted by Crippen LogP contribution is 2.31. The summed E-state index contributed by atoms with van der Waals surface area (Å²) in [6.07, 6.45) is 1.40. The number of para-hydroxylation sites is 1. The molecule has 0 fully saturated rings. The SMILES string of the molecule is CCOC(=O)c1ccc(Nc2c(C(=O)OCC)cnc3c(C#N)cccc23)cc1. The van der Waals surface area contributed by atoms with Gasteiger partial charge in [-0.05, 0) is 44.2 Å². The minimum Gasteiger partial charge on any atom is -0.462 e. The van der Waals surface area contributed by atoms with E-state index in [1.165, 1.54) is 6.20 Å². The van der Waals surface area contributed by atoms with Crippen LogP contribution in [0.25, 0.3) is 10.9 Å². The van der Waals surface area contributed by atoms with Gasteiger partial charge in [-0.3, -0.25) is 4.98 Å². The second-order valence-corrected chi connectivity index (χ2v) is 6.00. The average molecular weight is 389 g/mol. The molecule has 146 valence electrons. The van der Waals surface area contributed by atoms with E-state index in [1.807, 2.05) is 0 Å². The Morgan fingerprint density at radius 2 is 1.72 bits per heavy atom. The van der Waals surface area contributed by atoms with Crippen molar-refractivity contribution in [2.45, 2.75) is 13.8 Å². The number of pyridine rings is 1. The first-order valence-electron chi connectivity index (χ1n) is 9.12. The van der Waals surface area contributed by atoms with Crippen LogP contribution in [0.5, 0.6) is 0 Å². The van der Waals surface area contributed by atoms with E-state index in [-0.39, 0.29) is 12.2 Å². The number of nitriles is 1. The monoisotopic (exact) mass is 389 g/mol. The van der Waals surface area contributed by atoms with E-state index in [4.69, 9.17) is 9.47 Å². The molecular weight excluding hydrogens is 370 g/mol. The molecule has 0 bridgehead atoms. The first-order valence-corrected chi connectivity index (χ1v) is 9.12. The van der Waals surface area contributed by atoms with Crippen molar-refractivity contribution in [2.75, 3.05) is 18.5 Å². The summed E-state index contributed by atoms with van der Waals surface area (Å²) in [5, 5.41) is 13.2. The Hall–Kier alpha value is -3.92. The van der Waals surface area contributed by atoms with Crippen LogP contribution >= 0.6 is 0 Å². The van der Waals surface area contributed by atoms with Crippen LogP contribution in [0.15, 0.2) is 48.7 Å². The number of nitrogens with zero attached hydrogens (tertiary/aromatic N) is 2. The number of hydrogen-bond acceptors (Lipinski definition) is 7. The molecule has 2 aromatic carbocycles. The van der Waals surface area contributed by atoms with Crippen LogP contribution in [0.3, 0.4) is 0 Å². The lowest BCUT2D eigenvalue weighted by atomic mass is 10.1. The molecule has 0 saturated carbocycles. The van der Waals surface area contributed by atoms with E-state index in [2.05, 4.69) is 16.4 Å². The maximum Gasteiger partial charge on any atom is 0.341 e. The molecule has 0 saturated heterocycles. The van der Waals surface area contributed by atoms with Gasteiger partial charge in [0.05, 0.1) is 35.5 Å². The van der Waals surface area contributed by atoms with Gasteiger partial charge in [-0.15, -0.1) is 0 Å². The molecule has 7 nitrogen and oxygen atoms in total. The van der Waals surface area contributed by atoms with Crippen LogP contribution in [0.4, 0.5) is 11.4 Å². The molecular formula is C22H19N3O4. The molecule has 1 N–H and O–H groups in total. The fourth-order valence-electron chi connectivity index (χ4n) is 2.86. The molecule has 0 aliphatic heterocycles. The summed E-state index contributed by atoms with van der Waals surface area (Å²) in [6, 6.07) is 14.0. The highest BCUT2D eigenvalue weighted by molar-refractivity contribution is 6.07. The van der Waals surface area contributed by atoms with Crippen LogP contribution in [-0.4, -0.2) is 30.1 Å². The second-order valence-electron chi connectivity index (χ2n) is 6.00. The van der Waals surface area contributed by atoms with Gasteiger partial charge in [0.25, 0.3) is 0 Å². The van der Waals surface area contributed by atoms with E-state index in [0.717, 1.165) is 0 Å². The number of carbonyl (C=O) groups is 2. The number of rotatable bonds is 6. The molecule has 0 aliphatic rings. The highest BCUT2D eigenvalue weighted by atomic mass is 16.5. The number of benzene rings is 2. The molecule has 1 aromatic heterocycles. The summed E-state index contributed by atoms with van der Waals surface area (Å²) in [7, 11) is 0. The molecule has 0 spiro atoms. The summed E-state index contributed by atoms with van der Waals surface area (Å²) < 4.78 is 10.1. The van der Waals surface area contributed by atoms with Crippen LogP contribution in [-0.2, 0) is 9.47 Å². The first-order chi connectivity index (χ1) is 14.1. The van der Waals surface area contributed by atoms with Gasteiger partial charge < -0.3 is 14.8 Å². The molecule has 0 amide bonds. The van der Waals surface area contributed by atoms with E-state index in [0.29, 0.717) is 40.0 Å². The molecule has 0 atom stereocenters. The van der Waals surface area contributed by atoms with Crippen molar-refractivity contribution in [1.82, 2.24) is 4.98 Å². The van der Waals surface area contributed by atoms with Crippen LogP contribution in [0.2, 0.25) is 0 Å². The van der Waals surface area contributed by atoms with Gasteiger partial charge in [-0.1, -0.05) is 12.1 Å². The third kappa shape index (κ3) is 4.17. The summed E-state index contributed by atoms with van der Waals surface area (Å²) in [5.74, 6) is -0.922. The molecule has 29 heavy (non-hydrogen) atoms. The molecule has 0 aliphatic carbocycles. The van der Waals surface area contributed by atoms with Gasteiger partial charge in [-0.25, -0.2) is 9.59 Å². The van der Waals surface area contributed by atoms with Crippen LogP contribution < -0.4 is 5.32 Å². The van der Waals surface area contributed by atoms with Gasteiger partial charge in [-0.2, -0.15) is 5.26 Å². The van der Waals surface area contributed by atoms with Crippen molar-refractivity contribution in [3.05, 3.63) is 65.4 Å². The van der Waals surface area contributed by atoms with Gasteiger partial charge in [0, 0.05) is 17.3 Å². The largest absolute Gasteiger partial charge is 0.462 e. The van der Waals surface area contributed by atoms with Gasteiger partial charge in [0.1, 0.15) is 11.6 Å². The maximum absolute atomic E-state index is 12.4. The smallest absolute Gasteiger partial charge is 0.341 e. The minimum atomic E-state index is -0.519. The molecule has 0 radical (unpaired) electrons. The van der Waals surface area contributed by atoms with Crippen LogP contribution in [0.1, 0.15) is 40.1 Å². The predicted molar refractivity (Wildman–Crippen MR) is 108 cm³/mol. The van der Waals surface area contributed by atoms with Gasteiger partial charge in [0.2, 0.25) is 0 Å². The Labute approximate surface area is 167 Å². The summed E-state index contributed by atoms with van der Waals surface area (Å²) in [5.41, 5.74) is 2.69. The fourth-order valence-corrected chi connectivity index (χ4v) is 2.86. The summed E-state index contributed by atoms with van der Waals surface area (Å²) in [4.78, 5) is 28.6. The highest BCUT2D eigenvalue weighted by Gasteiger charge is 2.18. The number of esters is 2. The first kappa shape index (κ1) is 19.8. The average Bonchev–Trinajstić information content (AvgIpc) is 2.74. The Morgan fingerprint density at radius 1 is 1.03 bits per heavy atom. The number of anilines is 2. The maximum atomic E-state index is 12.4. The number of aromatic nitrogens is 1. The molecule has 3 aromatic rings. The van der Waals surface area contributed by atoms with E-state index >= 15 is 0 Å². The number of nitrogens with one attached hydrogen (secondary N) is 1. The van der Waals surface area contributed by atoms with Crippen molar-refractivity contribution in [1.29, 1.82) is 5.26 Å². The van der Waals surface area contributed by atoms with Crippen molar-refractivity contribution < 1.29 is 19.1 Å². The standard InChI is InChI=1S/C22H19N3O4/c1-3-28-21(26)14-8-10-16(11-9-14)25-20-17-7-5-6-15(12-23)19(17)24-13-18(20)22(27)29-4-2/h5-11,13H,3-4H2,1-2H3,(H,24,25). The zero-order chi connectivity index (χ0) is 20.8. The summed E-state index contributed by atoms with van der Waals surface area (Å²) in [6.45, 7) is 3.99. The zero-order valence-corrected chi connectivity index (χ0v) is 16.1. The predicted octanol–water partition coefficient (Wildman–Crippen LogP) is 4.20. The zero-order valence-electron chi connectivity index (χ0n) is 16.1. The quantitative estimate of drug-likeness (QED) is 0.630. The minimum absolute atomic E-state index is 0.225. The van der Waals surface area contributed by atoms with Crippen LogP contribution in [0, 0.1) is 11.3 Å². The second kappa shape index (κ2) is 8.85. The lowest BCUT2D eigenvalue weighted by molar-refractivity contribution is 0.0517. The van der Waals surface area contributed by atoms with Crippen molar-refractivity contribution in [2.24, 2.45) is 0 Å². The molecule has 0 unspecified atom stereocenters. The number of ether oxygens (including phenoxy) is 2. The number of fused-ring (bicyclic) bond motifs is 1. The summed E-state index contributed by atoms with van der Waals surface area (Å²) >= 11 is 0. The fraction of sp³-hybridized carbons (Fsp3) is 0.182. The molecule has 7 heteroatoms. The lowest BCUT2D eigenvalue weighted by Gasteiger charge is -2.15. The van der Waals surface area contributed by atoms with E-state index in [9.17, 15) is 14.9 Å². The van der Waals surface area contributed by atoms with Gasteiger partial charge in [0.15, 0.2) is 0 Å². The Balaban J connectivity index is 2.06. The lowest BCUT2D eigenvalue weighted by Crippen LogP contribution is -2.10. The Kier molecular flexibility index (Phi) is 6.05. The topological polar surface area (TPSA) is 101 Å². The van der Waals surface area contributed by atoms with Crippen molar-refractivity contribution in [3.8, 4) is 6.07 Å². The normalized spacial score (nSPS) is 10.2. The number of hydrogen-bond donors (Lipinski definition) is 1. The number of carbonyl (C=O) groups excluding carboxylic acids is 2.